The summed E-state index contributed by atoms with van der Waals surface area (Å²) < 4.78 is 0. The standard InChI is InChI=1S/C16H14Cl2O/c1-10-3-8-14(11(2)15(10)9-16(18)19)12-4-6-13(17)7-5-12/h3-8H,9H2,1-2H3. The highest BCUT2D eigenvalue weighted by Crippen LogP contribution is 2.29. The first-order valence-corrected chi connectivity index (χ1v) is 6.78. The van der Waals surface area contributed by atoms with E-state index in [1.165, 1.54) is 0 Å². The Morgan fingerprint density at radius 2 is 1.68 bits per heavy atom. The Morgan fingerprint density at radius 1 is 1.05 bits per heavy atom. The SMILES string of the molecule is Cc1ccc(-c2ccc(Cl)cc2)c(C)c1CC(=O)Cl. The summed E-state index contributed by atoms with van der Waals surface area (Å²) in [6.45, 7) is 4.01. The molecule has 0 atom stereocenters. The predicted molar refractivity (Wildman–Crippen MR) is 80.9 cm³/mol. The molecule has 0 radical (unpaired) electrons. The van der Waals surface area contributed by atoms with Gasteiger partial charge in [-0.3, -0.25) is 4.79 Å². The minimum atomic E-state index is -0.334. The molecule has 0 saturated carbocycles. The zero-order chi connectivity index (χ0) is 14.0. The first-order chi connectivity index (χ1) is 8.99. The fourth-order valence-electron chi connectivity index (χ4n) is 2.25. The Kier molecular flexibility index (Phi) is 4.28. The monoisotopic (exact) mass is 292 g/mol. The van der Waals surface area contributed by atoms with Crippen molar-refractivity contribution in [3.63, 3.8) is 0 Å². The van der Waals surface area contributed by atoms with Crippen LogP contribution in [-0.4, -0.2) is 5.24 Å². The zero-order valence-electron chi connectivity index (χ0n) is 10.8. The van der Waals surface area contributed by atoms with Crippen molar-refractivity contribution in [2.24, 2.45) is 0 Å². The molecule has 0 aliphatic heterocycles. The van der Waals surface area contributed by atoms with E-state index < -0.39 is 0 Å². The van der Waals surface area contributed by atoms with E-state index in [2.05, 4.69) is 6.07 Å². The van der Waals surface area contributed by atoms with Crippen LogP contribution in [0, 0.1) is 13.8 Å². The number of carbonyl (C=O) groups is 1. The third kappa shape index (κ3) is 3.17. The molecule has 0 N–H and O–H groups in total. The number of rotatable bonds is 3. The number of carbonyl (C=O) groups excluding carboxylic acids is 1. The van der Waals surface area contributed by atoms with Crippen LogP contribution in [0.5, 0.6) is 0 Å². The second kappa shape index (κ2) is 5.77. The average molecular weight is 293 g/mol. The lowest BCUT2D eigenvalue weighted by atomic mass is 9.92. The van der Waals surface area contributed by atoms with Crippen molar-refractivity contribution in [3.05, 3.63) is 58.1 Å². The van der Waals surface area contributed by atoms with E-state index in [0.29, 0.717) is 5.02 Å². The van der Waals surface area contributed by atoms with Crippen molar-refractivity contribution < 1.29 is 4.79 Å². The molecule has 19 heavy (non-hydrogen) atoms. The van der Waals surface area contributed by atoms with E-state index in [1.807, 2.05) is 44.2 Å². The Bertz CT molecular complexity index is 615. The normalized spacial score (nSPS) is 10.5. The van der Waals surface area contributed by atoms with Gasteiger partial charge in [0.2, 0.25) is 5.24 Å². The summed E-state index contributed by atoms with van der Waals surface area (Å²) in [6.07, 6.45) is 0.265. The number of aryl methyl sites for hydroxylation is 1. The number of hydrogen-bond acceptors (Lipinski definition) is 1. The van der Waals surface area contributed by atoms with E-state index in [-0.39, 0.29) is 11.7 Å². The van der Waals surface area contributed by atoms with Crippen LogP contribution in [0.25, 0.3) is 11.1 Å². The molecule has 0 aromatic heterocycles. The van der Waals surface area contributed by atoms with E-state index in [9.17, 15) is 4.79 Å². The average Bonchev–Trinajstić information content (AvgIpc) is 2.36. The van der Waals surface area contributed by atoms with Crippen molar-refractivity contribution in [1.82, 2.24) is 0 Å². The molecule has 0 unspecified atom stereocenters. The third-order valence-electron chi connectivity index (χ3n) is 3.30. The van der Waals surface area contributed by atoms with Gasteiger partial charge in [0.05, 0.1) is 0 Å². The van der Waals surface area contributed by atoms with Crippen molar-refractivity contribution in [2.75, 3.05) is 0 Å². The smallest absolute Gasteiger partial charge is 0.226 e. The van der Waals surface area contributed by atoms with Crippen molar-refractivity contribution in [3.8, 4) is 11.1 Å². The van der Waals surface area contributed by atoms with Crippen LogP contribution in [0.15, 0.2) is 36.4 Å². The maximum Gasteiger partial charge on any atom is 0.226 e. The Labute approximate surface area is 123 Å². The van der Waals surface area contributed by atoms with E-state index in [4.69, 9.17) is 23.2 Å². The molecule has 0 heterocycles. The van der Waals surface area contributed by atoms with Crippen LogP contribution < -0.4 is 0 Å². The molecular formula is C16H14Cl2O. The molecule has 2 rings (SSSR count). The second-order valence-corrected chi connectivity index (χ2v) is 5.43. The zero-order valence-corrected chi connectivity index (χ0v) is 12.3. The quantitative estimate of drug-likeness (QED) is 0.733. The van der Waals surface area contributed by atoms with Gasteiger partial charge in [-0.15, -0.1) is 0 Å². The molecular weight excluding hydrogens is 279 g/mol. The van der Waals surface area contributed by atoms with Crippen LogP contribution in [0.2, 0.25) is 5.02 Å². The van der Waals surface area contributed by atoms with E-state index in [0.717, 1.165) is 27.8 Å². The summed E-state index contributed by atoms with van der Waals surface area (Å²) in [5.74, 6) is 0. The van der Waals surface area contributed by atoms with Crippen molar-refractivity contribution in [1.29, 1.82) is 0 Å². The van der Waals surface area contributed by atoms with Gasteiger partial charge >= 0.3 is 0 Å². The van der Waals surface area contributed by atoms with Gasteiger partial charge in [-0.2, -0.15) is 0 Å². The van der Waals surface area contributed by atoms with Gasteiger partial charge in [0.15, 0.2) is 0 Å². The number of benzene rings is 2. The lowest BCUT2D eigenvalue weighted by molar-refractivity contribution is -0.111. The molecule has 0 fully saturated rings. The fraction of sp³-hybridized carbons (Fsp3) is 0.188. The summed E-state index contributed by atoms with van der Waals surface area (Å²) >= 11 is 11.4. The van der Waals surface area contributed by atoms with Crippen molar-refractivity contribution >= 4 is 28.4 Å². The summed E-state index contributed by atoms with van der Waals surface area (Å²) in [4.78, 5) is 11.2. The Hall–Kier alpha value is -1.31. The summed E-state index contributed by atoms with van der Waals surface area (Å²) in [7, 11) is 0. The molecule has 1 nitrogen and oxygen atoms in total. The highest BCUT2D eigenvalue weighted by Gasteiger charge is 2.11. The largest absolute Gasteiger partial charge is 0.281 e. The summed E-state index contributed by atoms with van der Waals surface area (Å²) in [6, 6.07) is 11.8. The van der Waals surface area contributed by atoms with Crippen molar-refractivity contribution in [2.45, 2.75) is 20.3 Å². The van der Waals surface area contributed by atoms with Crippen LogP contribution in [0.1, 0.15) is 16.7 Å². The van der Waals surface area contributed by atoms with E-state index in [1.54, 1.807) is 0 Å². The van der Waals surface area contributed by atoms with Crippen LogP contribution in [0.3, 0.4) is 0 Å². The first-order valence-electron chi connectivity index (χ1n) is 6.02. The molecule has 0 bridgehead atoms. The molecule has 0 spiro atoms. The molecule has 2 aromatic rings. The molecule has 0 amide bonds. The van der Waals surface area contributed by atoms with Gasteiger partial charge in [0, 0.05) is 11.4 Å². The van der Waals surface area contributed by atoms with Gasteiger partial charge in [0.25, 0.3) is 0 Å². The lowest BCUT2D eigenvalue weighted by Gasteiger charge is -2.13. The maximum absolute atomic E-state index is 11.2. The summed E-state index contributed by atoms with van der Waals surface area (Å²) in [5, 5.41) is 0.379. The minimum Gasteiger partial charge on any atom is -0.281 e. The highest BCUT2D eigenvalue weighted by atomic mass is 35.5. The lowest BCUT2D eigenvalue weighted by Crippen LogP contribution is -2.01. The number of hydrogen-bond donors (Lipinski definition) is 0. The Morgan fingerprint density at radius 3 is 2.26 bits per heavy atom. The van der Waals surface area contributed by atoms with Gasteiger partial charge in [-0.25, -0.2) is 0 Å². The maximum atomic E-state index is 11.2. The predicted octanol–water partition coefficient (Wildman–Crippen LogP) is 4.93. The molecule has 0 aliphatic rings. The molecule has 0 saturated heterocycles. The van der Waals surface area contributed by atoms with Crippen LogP contribution in [-0.2, 0) is 11.2 Å². The third-order valence-corrected chi connectivity index (χ3v) is 3.69. The van der Waals surface area contributed by atoms with Gasteiger partial charge in [0.1, 0.15) is 0 Å². The van der Waals surface area contributed by atoms with Crippen LogP contribution in [0.4, 0.5) is 0 Å². The van der Waals surface area contributed by atoms with Gasteiger partial charge in [-0.1, -0.05) is 35.9 Å². The second-order valence-electron chi connectivity index (χ2n) is 4.57. The molecule has 0 aliphatic carbocycles. The van der Waals surface area contributed by atoms with Gasteiger partial charge < -0.3 is 0 Å². The Balaban J connectivity index is 2.53. The van der Waals surface area contributed by atoms with Crippen LogP contribution >= 0.6 is 23.2 Å². The van der Waals surface area contributed by atoms with E-state index >= 15 is 0 Å². The minimum absolute atomic E-state index is 0.265. The number of halogens is 2. The summed E-state index contributed by atoms with van der Waals surface area (Å²) in [5.41, 5.74) is 5.38. The first kappa shape index (κ1) is 14.1. The van der Waals surface area contributed by atoms with Gasteiger partial charge in [-0.05, 0) is 65.4 Å². The molecule has 3 heteroatoms. The molecule has 98 valence electrons. The molecule has 2 aromatic carbocycles. The fourth-order valence-corrected chi connectivity index (χ4v) is 2.51. The highest BCUT2D eigenvalue weighted by molar-refractivity contribution is 6.63. The topological polar surface area (TPSA) is 17.1 Å².